The third-order valence-corrected chi connectivity index (χ3v) is 5.24. The summed E-state index contributed by atoms with van der Waals surface area (Å²) in [4.78, 5) is 39.7. The Morgan fingerprint density at radius 1 is 1.33 bits per heavy atom. The molecule has 2 N–H and O–H groups in total. The SMILES string of the molecule is Cc1ccc(N2C(=O)C[C@@H](N3CCC[C@H](C(N)=O)C3)C2=O)cc1Cl. The predicted octanol–water partition coefficient (Wildman–Crippen LogP) is 1.48. The maximum Gasteiger partial charge on any atom is 0.251 e. The number of rotatable bonds is 3. The monoisotopic (exact) mass is 349 g/mol. The third-order valence-electron chi connectivity index (χ3n) is 4.83. The van der Waals surface area contributed by atoms with Gasteiger partial charge in [0.1, 0.15) is 0 Å². The Morgan fingerprint density at radius 2 is 2.08 bits per heavy atom. The van der Waals surface area contributed by atoms with Crippen LogP contribution >= 0.6 is 11.6 Å². The molecule has 3 amide bonds. The number of hydrogen-bond donors (Lipinski definition) is 1. The number of amides is 3. The van der Waals surface area contributed by atoms with Crippen LogP contribution in [0, 0.1) is 12.8 Å². The third kappa shape index (κ3) is 3.03. The maximum absolute atomic E-state index is 12.8. The minimum atomic E-state index is -0.528. The van der Waals surface area contributed by atoms with Crippen LogP contribution in [0.3, 0.4) is 0 Å². The molecule has 1 aromatic rings. The summed E-state index contributed by atoms with van der Waals surface area (Å²) in [6, 6.07) is 4.62. The fraction of sp³-hybridized carbons (Fsp3) is 0.471. The van der Waals surface area contributed by atoms with Crippen LogP contribution < -0.4 is 10.6 Å². The van der Waals surface area contributed by atoms with E-state index in [9.17, 15) is 14.4 Å². The molecule has 6 nitrogen and oxygen atoms in total. The zero-order valence-electron chi connectivity index (χ0n) is 13.5. The van der Waals surface area contributed by atoms with Crippen LogP contribution in [0.2, 0.25) is 5.02 Å². The van der Waals surface area contributed by atoms with Crippen molar-refractivity contribution in [2.24, 2.45) is 11.7 Å². The smallest absolute Gasteiger partial charge is 0.251 e. The van der Waals surface area contributed by atoms with E-state index in [1.807, 2.05) is 11.8 Å². The van der Waals surface area contributed by atoms with Crippen molar-refractivity contribution >= 4 is 35.0 Å². The molecular formula is C17H20ClN3O3. The van der Waals surface area contributed by atoms with Gasteiger partial charge in [-0.3, -0.25) is 19.3 Å². The number of anilines is 1. The molecule has 2 saturated heterocycles. The van der Waals surface area contributed by atoms with Gasteiger partial charge in [-0.15, -0.1) is 0 Å². The van der Waals surface area contributed by atoms with Gasteiger partial charge in [0, 0.05) is 11.6 Å². The minimum Gasteiger partial charge on any atom is -0.369 e. The van der Waals surface area contributed by atoms with Crippen LogP contribution in [0.1, 0.15) is 24.8 Å². The number of primary amides is 1. The molecule has 0 unspecified atom stereocenters. The van der Waals surface area contributed by atoms with Crippen molar-refractivity contribution in [2.75, 3.05) is 18.0 Å². The van der Waals surface area contributed by atoms with Gasteiger partial charge in [-0.25, -0.2) is 4.90 Å². The summed E-state index contributed by atoms with van der Waals surface area (Å²) in [7, 11) is 0. The molecule has 0 spiro atoms. The van der Waals surface area contributed by atoms with Crippen molar-refractivity contribution in [3.05, 3.63) is 28.8 Å². The lowest BCUT2D eigenvalue weighted by molar-refractivity contribution is -0.127. The molecule has 2 heterocycles. The first kappa shape index (κ1) is 16.9. The second-order valence-corrected chi connectivity index (χ2v) is 6.86. The Balaban J connectivity index is 1.81. The second kappa shape index (κ2) is 6.53. The van der Waals surface area contributed by atoms with Gasteiger partial charge in [0.05, 0.1) is 24.1 Å². The lowest BCUT2D eigenvalue weighted by Gasteiger charge is -2.34. The number of piperidine rings is 1. The van der Waals surface area contributed by atoms with Gasteiger partial charge in [0.25, 0.3) is 5.91 Å². The van der Waals surface area contributed by atoms with Gasteiger partial charge in [0.2, 0.25) is 11.8 Å². The summed E-state index contributed by atoms with van der Waals surface area (Å²) in [6.45, 7) is 2.98. The predicted molar refractivity (Wildman–Crippen MR) is 90.6 cm³/mol. The molecule has 0 saturated carbocycles. The molecule has 2 aliphatic heterocycles. The molecule has 0 bridgehead atoms. The van der Waals surface area contributed by atoms with E-state index >= 15 is 0 Å². The first-order valence-electron chi connectivity index (χ1n) is 8.05. The number of halogens is 1. The molecule has 128 valence electrons. The van der Waals surface area contributed by atoms with Crippen LogP contribution in [-0.2, 0) is 14.4 Å². The number of aryl methyl sites for hydroxylation is 1. The molecule has 2 fully saturated rings. The topological polar surface area (TPSA) is 83.7 Å². The van der Waals surface area contributed by atoms with Crippen molar-refractivity contribution in [3.63, 3.8) is 0 Å². The number of carbonyl (C=O) groups is 3. The zero-order valence-corrected chi connectivity index (χ0v) is 14.3. The highest BCUT2D eigenvalue weighted by atomic mass is 35.5. The molecular weight excluding hydrogens is 330 g/mol. The van der Waals surface area contributed by atoms with E-state index in [0.717, 1.165) is 18.4 Å². The second-order valence-electron chi connectivity index (χ2n) is 6.46. The Bertz CT molecular complexity index is 706. The number of nitrogens with two attached hydrogens (primary N) is 1. The number of benzene rings is 1. The first-order valence-corrected chi connectivity index (χ1v) is 8.42. The van der Waals surface area contributed by atoms with Crippen LogP contribution in [-0.4, -0.2) is 41.8 Å². The summed E-state index contributed by atoms with van der Waals surface area (Å²) in [5.41, 5.74) is 6.77. The van der Waals surface area contributed by atoms with E-state index < -0.39 is 6.04 Å². The van der Waals surface area contributed by atoms with Crippen molar-refractivity contribution in [2.45, 2.75) is 32.2 Å². The van der Waals surface area contributed by atoms with Gasteiger partial charge in [-0.2, -0.15) is 0 Å². The van der Waals surface area contributed by atoms with Crippen LogP contribution in [0.5, 0.6) is 0 Å². The van der Waals surface area contributed by atoms with Gasteiger partial charge in [-0.1, -0.05) is 17.7 Å². The largest absolute Gasteiger partial charge is 0.369 e. The molecule has 2 atom stereocenters. The number of hydrogen-bond acceptors (Lipinski definition) is 4. The van der Waals surface area contributed by atoms with Crippen molar-refractivity contribution in [1.29, 1.82) is 0 Å². The quantitative estimate of drug-likeness (QED) is 0.838. The lowest BCUT2D eigenvalue weighted by atomic mass is 9.96. The summed E-state index contributed by atoms with van der Waals surface area (Å²) in [5, 5.41) is 0.517. The molecule has 3 rings (SSSR count). The highest BCUT2D eigenvalue weighted by Crippen LogP contribution is 2.30. The highest BCUT2D eigenvalue weighted by Gasteiger charge is 2.44. The summed E-state index contributed by atoms with van der Waals surface area (Å²) >= 11 is 6.12. The van der Waals surface area contributed by atoms with Gasteiger partial charge >= 0.3 is 0 Å². The van der Waals surface area contributed by atoms with Gasteiger partial charge < -0.3 is 5.73 Å². The molecule has 0 aromatic heterocycles. The van der Waals surface area contributed by atoms with Gasteiger partial charge in [-0.05, 0) is 44.0 Å². The standard InChI is InChI=1S/C17H20ClN3O3/c1-10-4-5-12(7-13(10)18)21-15(22)8-14(17(21)24)20-6-2-3-11(9-20)16(19)23/h4-5,7,11,14H,2-3,6,8-9H2,1H3,(H2,19,23)/t11-,14+/m0/s1. The zero-order chi connectivity index (χ0) is 17.4. The molecule has 0 aliphatic carbocycles. The summed E-state index contributed by atoms with van der Waals surface area (Å²) in [5.74, 6) is -1.11. The molecule has 1 aromatic carbocycles. The van der Waals surface area contributed by atoms with E-state index in [0.29, 0.717) is 23.8 Å². The average Bonchev–Trinajstić information content (AvgIpc) is 2.85. The van der Waals surface area contributed by atoms with E-state index in [1.165, 1.54) is 4.90 Å². The van der Waals surface area contributed by atoms with Crippen molar-refractivity contribution in [1.82, 2.24) is 4.90 Å². The molecule has 24 heavy (non-hydrogen) atoms. The van der Waals surface area contributed by atoms with Crippen molar-refractivity contribution < 1.29 is 14.4 Å². The number of imide groups is 1. The van der Waals surface area contributed by atoms with E-state index in [1.54, 1.807) is 18.2 Å². The molecule has 2 aliphatic rings. The number of nitrogens with zero attached hydrogens (tertiary/aromatic N) is 2. The van der Waals surface area contributed by atoms with E-state index in [2.05, 4.69) is 0 Å². The average molecular weight is 350 g/mol. The van der Waals surface area contributed by atoms with E-state index in [-0.39, 0.29) is 30.1 Å². The van der Waals surface area contributed by atoms with Crippen molar-refractivity contribution in [3.8, 4) is 0 Å². The summed E-state index contributed by atoms with van der Waals surface area (Å²) < 4.78 is 0. The Labute approximate surface area is 145 Å². The van der Waals surface area contributed by atoms with Gasteiger partial charge in [0.15, 0.2) is 0 Å². The fourth-order valence-corrected chi connectivity index (χ4v) is 3.59. The number of likely N-dealkylation sites (tertiary alicyclic amines) is 1. The highest BCUT2D eigenvalue weighted by molar-refractivity contribution is 6.32. The van der Waals surface area contributed by atoms with Crippen LogP contribution in [0.15, 0.2) is 18.2 Å². The van der Waals surface area contributed by atoms with Crippen LogP contribution in [0.25, 0.3) is 0 Å². The Hall–Kier alpha value is -1.92. The Morgan fingerprint density at radius 3 is 2.75 bits per heavy atom. The maximum atomic E-state index is 12.8. The summed E-state index contributed by atoms with van der Waals surface area (Å²) in [6.07, 6.45) is 1.65. The minimum absolute atomic E-state index is 0.121. The first-order chi connectivity index (χ1) is 11.4. The molecule has 7 heteroatoms. The van der Waals surface area contributed by atoms with Crippen LogP contribution in [0.4, 0.5) is 5.69 Å². The normalized spacial score (nSPS) is 25.3. The lowest BCUT2D eigenvalue weighted by Crippen LogP contribution is -2.49. The fourth-order valence-electron chi connectivity index (χ4n) is 3.42. The Kier molecular flexibility index (Phi) is 4.60. The molecule has 0 radical (unpaired) electrons. The number of carbonyl (C=O) groups excluding carboxylic acids is 3. The van der Waals surface area contributed by atoms with E-state index in [4.69, 9.17) is 17.3 Å².